The maximum Gasteiger partial charge on any atom is 0.280 e. The van der Waals surface area contributed by atoms with Crippen molar-refractivity contribution in [3.8, 4) is 11.3 Å². The van der Waals surface area contributed by atoms with Gasteiger partial charge in [-0.25, -0.2) is 13.8 Å². The summed E-state index contributed by atoms with van der Waals surface area (Å²) < 4.78 is 33.8. The zero-order valence-electron chi connectivity index (χ0n) is 16.3. The molecule has 8 nitrogen and oxygen atoms in total. The van der Waals surface area contributed by atoms with Crippen LogP contribution in [0, 0.1) is 6.92 Å². The number of fused-ring (bicyclic) bond motifs is 1. The van der Waals surface area contributed by atoms with Crippen molar-refractivity contribution in [1.82, 2.24) is 14.8 Å². The molecule has 0 saturated carbocycles. The van der Waals surface area contributed by atoms with Gasteiger partial charge in [0.1, 0.15) is 21.2 Å². The third-order valence-electron chi connectivity index (χ3n) is 4.51. The fraction of sp³-hybridized carbons (Fsp3) is 0.200. The van der Waals surface area contributed by atoms with Gasteiger partial charge in [0, 0.05) is 30.1 Å². The van der Waals surface area contributed by atoms with E-state index < -0.39 is 23.9 Å². The third kappa shape index (κ3) is 4.17. The number of amides is 2. The number of carbonyl (C=O) groups excluding carboxylic acids is 2. The van der Waals surface area contributed by atoms with Crippen LogP contribution in [-0.4, -0.2) is 26.6 Å². The zero-order valence-corrected chi connectivity index (χ0v) is 17.1. The number of nitrogens with zero attached hydrogens (tertiary/aromatic N) is 3. The summed E-state index contributed by atoms with van der Waals surface area (Å²) in [7, 11) is 0. The summed E-state index contributed by atoms with van der Waals surface area (Å²) in [6.45, 7) is 2.21. The van der Waals surface area contributed by atoms with Crippen LogP contribution in [0.25, 0.3) is 21.5 Å². The maximum absolute atomic E-state index is 13.4. The van der Waals surface area contributed by atoms with Crippen molar-refractivity contribution in [2.24, 2.45) is 5.73 Å². The largest absolute Gasteiger partial charge is 0.464 e. The van der Waals surface area contributed by atoms with Crippen LogP contribution in [0.2, 0.25) is 0 Å². The molecule has 0 fully saturated rings. The highest BCUT2D eigenvalue weighted by atomic mass is 32.1. The summed E-state index contributed by atoms with van der Waals surface area (Å²) in [6, 6.07) is 4.39. The molecule has 4 rings (SSSR count). The first-order chi connectivity index (χ1) is 14.8. The molecule has 31 heavy (non-hydrogen) atoms. The van der Waals surface area contributed by atoms with E-state index in [4.69, 9.17) is 10.2 Å². The van der Waals surface area contributed by atoms with Gasteiger partial charge in [0.05, 0.1) is 18.1 Å². The number of aryl methyl sites for hydroxylation is 2. The number of carbonyl (C=O) groups is 2. The Hall–Kier alpha value is -3.60. The van der Waals surface area contributed by atoms with Gasteiger partial charge in [0.25, 0.3) is 12.3 Å². The highest BCUT2D eigenvalue weighted by molar-refractivity contribution is 7.21. The van der Waals surface area contributed by atoms with E-state index in [9.17, 15) is 18.4 Å². The number of rotatable bonds is 7. The van der Waals surface area contributed by atoms with Crippen LogP contribution in [-0.2, 0) is 11.3 Å². The Bertz CT molecular complexity index is 1260. The number of thiophene rings is 1. The van der Waals surface area contributed by atoms with Gasteiger partial charge in [-0.1, -0.05) is 0 Å². The minimum Gasteiger partial charge on any atom is -0.464 e. The van der Waals surface area contributed by atoms with E-state index in [-0.39, 0.29) is 27.4 Å². The fourth-order valence-corrected chi connectivity index (χ4v) is 4.17. The molecule has 0 aliphatic carbocycles. The molecule has 0 aromatic carbocycles. The quantitative estimate of drug-likeness (QED) is 0.444. The average Bonchev–Trinajstić information content (AvgIpc) is 3.46. The first-order valence-electron chi connectivity index (χ1n) is 9.21. The minimum atomic E-state index is -2.83. The Morgan fingerprint density at radius 2 is 2.19 bits per heavy atom. The van der Waals surface area contributed by atoms with Crippen molar-refractivity contribution in [3.63, 3.8) is 0 Å². The van der Waals surface area contributed by atoms with Gasteiger partial charge in [-0.2, -0.15) is 5.10 Å². The van der Waals surface area contributed by atoms with Gasteiger partial charge < -0.3 is 15.5 Å². The first-order valence-corrected chi connectivity index (χ1v) is 10.0. The lowest BCUT2D eigenvalue weighted by atomic mass is 10.1. The van der Waals surface area contributed by atoms with E-state index in [2.05, 4.69) is 15.4 Å². The molecule has 3 N–H and O–H groups in total. The molecule has 11 heteroatoms. The van der Waals surface area contributed by atoms with Crippen LogP contribution in [0.1, 0.15) is 33.8 Å². The number of alkyl halides is 2. The number of nitrogens with one attached hydrogen (secondary N) is 1. The number of furan rings is 1. The normalized spacial score (nSPS) is 11.4. The lowest BCUT2D eigenvalue weighted by Gasteiger charge is -2.09. The second kappa shape index (κ2) is 8.26. The van der Waals surface area contributed by atoms with Gasteiger partial charge >= 0.3 is 0 Å². The molecule has 2 amide bonds. The Kier molecular flexibility index (Phi) is 5.51. The Balaban J connectivity index is 1.76. The standard InChI is InChI=1S/C20H17F2N5O3S/c1-10-8-24-27(9-10)5-4-14(28)26-16-15-11(13-3-2-6-30-13)7-12(18(21)22)25-20(15)31-17(16)19(23)29/h2-3,6-9,18H,4-5H2,1H3,(H2,23,29)(H,26,28). The van der Waals surface area contributed by atoms with Crippen LogP contribution < -0.4 is 11.1 Å². The van der Waals surface area contributed by atoms with E-state index in [1.54, 1.807) is 29.2 Å². The number of primary amides is 1. The number of hydrogen-bond acceptors (Lipinski definition) is 6. The second-order valence-electron chi connectivity index (χ2n) is 6.80. The van der Waals surface area contributed by atoms with Gasteiger partial charge in [0.2, 0.25) is 5.91 Å². The summed E-state index contributed by atoms with van der Waals surface area (Å²) in [4.78, 5) is 28.8. The molecule has 0 aliphatic heterocycles. The summed E-state index contributed by atoms with van der Waals surface area (Å²) in [6.07, 6.45) is 2.13. The Labute approximate surface area is 178 Å². The van der Waals surface area contributed by atoms with Crippen molar-refractivity contribution in [3.05, 3.63) is 53.0 Å². The van der Waals surface area contributed by atoms with E-state index in [1.165, 1.54) is 12.3 Å². The SMILES string of the molecule is Cc1cnn(CCC(=O)Nc2c(C(N)=O)sc3nc(C(F)F)cc(-c4ccco4)c23)c1. The molecule has 4 heterocycles. The van der Waals surface area contributed by atoms with Crippen molar-refractivity contribution in [2.45, 2.75) is 26.3 Å². The number of nitrogens with two attached hydrogens (primary N) is 1. The first kappa shape index (κ1) is 20.7. The number of halogens is 2. The van der Waals surface area contributed by atoms with Crippen LogP contribution in [0.5, 0.6) is 0 Å². The summed E-state index contributed by atoms with van der Waals surface area (Å²) in [5.74, 6) is -0.894. The van der Waals surface area contributed by atoms with Crippen molar-refractivity contribution >= 4 is 39.1 Å². The Morgan fingerprint density at radius 3 is 2.81 bits per heavy atom. The minimum absolute atomic E-state index is 0.0185. The molecule has 4 aromatic rings. The third-order valence-corrected chi connectivity index (χ3v) is 5.61. The van der Waals surface area contributed by atoms with Gasteiger partial charge in [0.15, 0.2) is 0 Å². The number of hydrogen-bond donors (Lipinski definition) is 2. The van der Waals surface area contributed by atoms with E-state index >= 15 is 0 Å². The number of aromatic nitrogens is 3. The summed E-state index contributed by atoms with van der Waals surface area (Å²) in [5.41, 5.74) is 6.41. The van der Waals surface area contributed by atoms with Crippen LogP contribution in [0.15, 0.2) is 41.3 Å². The summed E-state index contributed by atoms with van der Waals surface area (Å²) in [5, 5.41) is 7.15. The fourth-order valence-electron chi connectivity index (χ4n) is 3.16. The average molecular weight is 445 g/mol. The molecular weight excluding hydrogens is 428 g/mol. The van der Waals surface area contributed by atoms with Gasteiger partial charge in [-0.3, -0.25) is 14.3 Å². The highest BCUT2D eigenvalue weighted by Gasteiger charge is 2.25. The van der Waals surface area contributed by atoms with E-state index in [1.807, 2.05) is 6.92 Å². The smallest absolute Gasteiger partial charge is 0.280 e. The molecule has 0 saturated heterocycles. The maximum atomic E-state index is 13.4. The highest BCUT2D eigenvalue weighted by Crippen LogP contribution is 2.42. The monoisotopic (exact) mass is 445 g/mol. The lowest BCUT2D eigenvalue weighted by Crippen LogP contribution is -2.18. The molecule has 0 aliphatic rings. The van der Waals surface area contributed by atoms with Gasteiger partial charge in [-0.05, 0) is 30.7 Å². The van der Waals surface area contributed by atoms with E-state index in [0.717, 1.165) is 16.9 Å². The lowest BCUT2D eigenvalue weighted by molar-refractivity contribution is -0.116. The Morgan fingerprint density at radius 1 is 1.39 bits per heavy atom. The van der Waals surface area contributed by atoms with Crippen molar-refractivity contribution < 1.29 is 22.8 Å². The molecule has 0 radical (unpaired) electrons. The molecule has 160 valence electrons. The second-order valence-corrected chi connectivity index (χ2v) is 7.80. The zero-order chi connectivity index (χ0) is 22.1. The number of anilines is 1. The van der Waals surface area contributed by atoms with Crippen molar-refractivity contribution in [1.29, 1.82) is 0 Å². The van der Waals surface area contributed by atoms with E-state index in [0.29, 0.717) is 17.7 Å². The van der Waals surface area contributed by atoms with Crippen LogP contribution >= 0.6 is 11.3 Å². The van der Waals surface area contributed by atoms with Gasteiger partial charge in [-0.15, -0.1) is 11.3 Å². The molecular formula is C20H17F2N5O3S. The predicted molar refractivity (Wildman–Crippen MR) is 111 cm³/mol. The topological polar surface area (TPSA) is 116 Å². The molecule has 0 unspecified atom stereocenters. The molecule has 0 atom stereocenters. The predicted octanol–water partition coefficient (Wildman–Crippen LogP) is 4.13. The molecule has 4 aromatic heterocycles. The molecule has 0 bridgehead atoms. The van der Waals surface area contributed by atoms with Crippen LogP contribution in [0.4, 0.5) is 14.5 Å². The summed E-state index contributed by atoms with van der Waals surface area (Å²) >= 11 is 0.842. The van der Waals surface area contributed by atoms with Crippen molar-refractivity contribution in [2.75, 3.05) is 5.32 Å². The molecule has 0 spiro atoms. The van der Waals surface area contributed by atoms with Crippen LogP contribution in [0.3, 0.4) is 0 Å². The number of pyridine rings is 1.